The van der Waals surface area contributed by atoms with E-state index in [4.69, 9.17) is 16.1 Å². The van der Waals surface area contributed by atoms with Crippen molar-refractivity contribution in [2.45, 2.75) is 6.92 Å². The van der Waals surface area contributed by atoms with E-state index in [1.165, 1.54) is 18.2 Å². The maximum absolute atomic E-state index is 13.3. The van der Waals surface area contributed by atoms with Crippen molar-refractivity contribution in [3.63, 3.8) is 0 Å². The first kappa shape index (κ1) is 15.2. The first-order valence-electron chi connectivity index (χ1n) is 6.83. The molecule has 0 bridgehead atoms. The summed E-state index contributed by atoms with van der Waals surface area (Å²) in [6.07, 6.45) is 0. The maximum atomic E-state index is 13.3. The number of nitrogens with one attached hydrogen (secondary N) is 1. The second-order valence-electron chi connectivity index (χ2n) is 5.00. The molecule has 116 valence electrons. The molecule has 0 aliphatic rings. The molecule has 3 rings (SSSR count). The smallest absolute Gasteiger partial charge is 0.277 e. The number of rotatable bonds is 3. The first-order chi connectivity index (χ1) is 11.0. The topological polar surface area (TPSA) is 55.1 Å². The molecule has 23 heavy (non-hydrogen) atoms. The van der Waals surface area contributed by atoms with Crippen molar-refractivity contribution in [2.24, 2.45) is 0 Å². The van der Waals surface area contributed by atoms with Gasteiger partial charge in [0.1, 0.15) is 5.82 Å². The lowest BCUT2D eigenvalue weighted by atomic mass is 10.1. The SMILES string of the molecule is Cc1ccc(F)cc1NC(=O)c1cc(-c2cccc(Cl)c2)on1. The van der Waals surface area contributed by atoms with Gasteiger partial charge in [0, 0.05) is 22.3 Å². The molecule has 0 atom stereocenters. The van der Waals surface area contributed by atoms with Crippen LogP contribution in [-0.4, -0.2) is 11.1 Å². The van der Waals surface area contributed by atoms with E-state index in [1.807, 2.05) is 0 Å². The van der Waals surface area contributed by atoms with Crippen LogP contribution in [0.4, 0.5) is 10.1 Å². The number of carbonyl (C=O) groups excluding carboxylic acids is 1. The lowest BCUT2D eigenvalue weighted by Crippen LogP contribution is -2.13. The Morgan fingerprint density at radius 1 is 1.22 bits per heavy atom. The van der Waals surface area contributed by atoms with E-state index in [1.54, 1.807) is 37.3 Å². The minimum Gasteiger partial charge on any atom is -0.355 e. The summed E-state index contributed by atoms with van der Waals surface area (Å²) >= 11 is 5.93. The van der Waals surface area contributed by atoms with E-state index in [0.717, 1.165) is 5.56 Å². The summed E-state index contributed by atoms with van der Waals surface area (Å²) in [5.74, 6) is -0.477. The van der Waals surface area contributed by atoms with Gasteiger partial charge in [-0.1, -0.05) is 35.0 Å². The fraction of sp³-hybridized carbons (Fsp3) is 0.0588. The molecule has 0 aliphatic heterocycles. The highest BCUT2D eigenvalue weighted by Crippen LogP contribution is 2.24. The summed E-state index contributed by atoms with van der Waals surface area (Å²) < 4.78 is 18.4. The number of hydrogen-bond donors (Lipinski definition) is 1. The van der Waals surface area contributed by atoms with Gasteiger partial charge in [-0.05, 0) is 36.8 Å². The van der Waals surface area contributed by atoms with Crippen LogP contribution < -0.4 is 5.32 Å². The zero-order chi connectivity index (χ0) is 16.4. The predicted molar refractivity (Wildman–Crippen MR) is 86.0 cm³/mol. The van der Waals surface area contributed by atoms with E-state index in [0.29, 0.717) is 22.0 Å². The van der Waals surface area contributed by atoms with Gasteiger partial charge in [0.2, 0.25) is 0 Å². The van der Waals surface area contributed by atoms with Crippen molar-refractivity contribution < 1.29 is 13.7 Å². The molecule has 1 heterocycles. The minimum absolute atomic E-state index is 0.101. The van der Waals surface area contributed by atoms with Crippen molar-refractivity contribution in [3.8, 4) is 11.3 Å². The molecule has 6 heteroatoms. The monoisotopic (exact) mass is 330 g/mol. The van der Waals surface area contributed by atoms with E-state index in [2.05, 4.69) is 10.5 Å². The van der Waals surface area contributed by atoms with Crippen LogP contribution in [0.1, 0.15) is 16.1 Å². The Balaban J connectivity index is 1.82. The van der Waals surface area contributed by atoms with Crippen molar-refractivity contribution >= 4 is 23.2 Å². The Bertz CT molecular complexity index is 877. The lowest BCUT2D eigenvalue weighted by molar-refractivity contribution is 0.101. The molecule has 1 aromatic heterocycles. The number of carbonyl (C=O) groups is 1. The van der Waals surface area contributed by atoms with Gasteiger partial charge < -0.3 is 9.84 Å². The van der Waals surface area contributed by atoms with Gasteiger partial charge in [-0.2, -0.15) is 0 Å². The molecule has 0 radical (unpaired) electrons. The third-order valence-corrected chi connectivity index (χ3v) is 3.53. The Morgan fingerprint density at radius 3 is 2.83 bits per heavy atom. The summed E-state index contributed by atoms with van der Waals surface area (Å²) in [4.78, 5) is 12.2. The van der Waals surface area contributed by atoms with Gasteiger partial charge in [0.15, 0.2) is 11.5 Å². The second-order valence-corrected chi connectivity index (χ2v) is 5.44. The maximum Gasteiger partial charge on any atom is 0.277 e. The van der Waals surface area contributed by atoms with Gasteiger partial charge >= 0.3 is 0 Å². The molecular formula is C17H12ClFN2O2. The minimum atomic E-state index is -0.476. The average Bonchev–Trinajstić information content (AvgIpc) is 3.01. The number of aryl methyl sites for hydroxylation is 1. The van der Waals surface area contributed by atoms with Gasteiger partial charge in [-0.15, -0.1) is 0 Å². The largest absolute Gasteiger partial charge is 0.355 e. The fourth-order valence-electron chi connectivity index (χ4n) is 2.08. The third kappa shape index (κ3) is 3.40. The highest BCUT2D eigenvalue weighted by atomic mass is 35.5. The van der Waals surface area contributed by atoms with Crippen molar-refractivity contribution in [3.05, 3.63) is 70.6 Å². The Labute approximate surface area is 136 Å². The summed E-state index contributed by atoms with van der Waals surface area (Å²) in [5, 5.41) is 6.92. The van der Waals surface area contributed by atoms with Crippen LogP contribution in [0.2, 0.25) is 5.02 Å². The Hall–Kier alpha value is -2.66. The van der Waals surface area contributed by atoms with Gasteiger partial charge in [0.25, 0.3) is 5.91 Å². The summed E-state index contributed by atoms with van der Waals surface area (Å²) in [5.41, 5.74) is 1.95. The molecule has 0 aliphatic carbocycles. The quantitative estimate of drug-likeness (QED) is 0.757. The Kier molecular flexibility index (Phi) is 4.12. The second kappa shape index (κ2) is 6.22. The van der Waals surface area contributed by atoms with Crippen LogP contribution in [0.25, 0.3) is 11.3 Å². The number of nitrogens with zero attached hydrogens (tertiary/aromatic N) is 1. The predicted octanol–water partition coefficient (Wildman–Crippen LogP) is 4.69. The molecule has 2 aromatic carbocycles. The number of hydrogen-bond acceptors (Lipinski definition) is 3. The third-order valence-electron chi connectivity index (χ3n) is 3.30. The molecule has 0 saturated carbocycles. The average molecular weight is 331 g/mol. The molecule has 0 spiro atoms. The summed E-state index contributed by atoms with van der Waals surface area (Å²) in [6.45, 7) is 1.77. The Morgan fingerprint density at radius 2 is 2.04 bits per heavy atom. The zero-order valence-corrected chi connectivity index (χ0v) is 12.9. The van der Waals surface area contributed by atoms with Crippen molar-refractivity contribution in [2.75, 3.05) is 5.32 Å². The van der Waals surface area contributed by atoms with E-state index >= 15 is 0 Å². The van der Waals surface area contributed by atoms with Crippen LogP contribution in [0.15, 0.2) is 53.1 Å². The van der Waals surface area contributed by atoms with Crippen LogP contribution in [0, 0.1) is 12.7 Å². The number of aromatic nitrogens is 1. The van der Waals surface area contributed by atoms with E-state index in [9.17, 15) is 9.18 Å². The molecule has 4 nitrogen and oxygen atoms in total. The summed E-state index contributed by atoms with van der Waals surface area (Å²) in [6, 6.07) is 12.7. The molecular weight excluding hydrogens is 319 g/mol. The molecule has 1 N–H and O–H groups in total. The van der Waals surface area contributed by atoms with Crippen LogP contribution in [0.3, 0.4) is 0 Å². The van der Waals surface area contributed by atoms with Crippen molar-refractivity contribution in [1.29, 1.82) is 0 Å². The standard InChI is InChI=1S/C17H12ClFN2O2/c1-10-5-6-13(19)8-14(10)20-17(22)15-9-16(23-21-15)11-3-2-4-12(18)7-11/h2-9H,1H3,(H,20,22). The number of halogens is 2. The number of benzene rings is 2. The van der Waals surface area contributed by atoms with Crippen molar-refractivity contribution in [1.82, 2.24) is 5.16 Å². The lowest BCUT2D eigenvalue weighted by Gasteiger charge is -2.06. The summed E-state index contributed by atoms with van der Waals surface area (Å²) in [7, 11) is 0. The van der Waals surface area contributed by atoms with Gasteiger partial charge in [-0.25, -0.2) is 4.39 Å². The normalized spacial score (nSPS) is 10.6. The molecule has 0 saturated heterocycles. The van der Waals surface area contributed by atoms with Crippen LogP contribution in [-0.2, 0) is 0 Å². The first-order valence-corrected chi connectivity index (χ1v) is 7.21. The fourth-order valence-corrected chi connectivity index (χ4v) is 2.27. The van der Waals surface area contributed by atoms with E-state index in [-0.39, 0.29) is 5.69 Å². The number of anilines is 1. The molecule has 0 unspecified atom stereocenters. The molecule has 0 fully saturated rings. The molecule has 1 amide bonds. The molecule has 3 aromatic rings. The number of amides is 1. The highest BCUT2D eigenvalue weighted by Gasteiger charge is 2.15. The van der Waals surface area contributed by atoms with Gasteiger partial charge in [0.05, 0.1) is 0 Å². The van der Waals surface area contributed by atoms with Crippen LogP contribution >= 0.6 is 11.6 Å². The zero-order valence-electron chi connectivity index (χ0n) is 12.1. The highest BCUT2D eigenvalue weighted by molar-refractivity contribution is 6.30. The van der Waals surface area contributed by atoms with Gasteiger partial charge in [-0.3, -0.25) is 4.79 Å². The van der Waals surface area contributed by atoms with E-state index < -0.39 is 11.7 Å². The van der Waals surface area contributed by atoms with Crippen LogP contribution in [0.5, 0.6) is 0 Å².